The maximum atomic E-state index is 13.0. The van der Waals surface area contributed by atoms with Gasteiger partial charge in [0.1, 0.15) is 0 Å². The number of thioether (sulfide) groups is 1. The fourth-order valence-corrected chi connectivity index (χ4v) is 4.57. The molecule has 3 heterocycles. The molecule has 0 saturated carbocycles. The summed E-state index contributed by atoms with van der Waals surface area (Å²) in [6.45, 7) is 4.01. The van der Waals surface area contributed by atoms with Crippen LogP contribution in [0.2, 0.25) is 0 Å². The highest BCUT2D eigenvalue weighted by molar-refractivity contribution is 7.99. The normalized spacial score (nSPS) is 12.1. The van der Waals surface area contributed by atoms with Crippen molar-refractivity contribution in [3.8, 4) is 28.6 Å². The smallest absolute Gasteiger partial charge is 0.337 e. The summed E-state index contributed by atoms with van der Waals surface area (Å²) in [6.07, 6.45) is 0. The summed E-state index contributed by atoms with van der Waals surface area (Å²) >= 11 is 1.19. The third-order valence-electron chi connectivity index (χ3n) is 5.63. The summed E-state index contributed by atoms with van der Waals surface area (Å²) < 4.78 is 23.2. The summed E-state index contributed by atoms with van der Waals surface area (Å²) in [5, 5.41) is 8.44. The van der Waals surface area contributed by atoms with Gasteiger partial charge in [0.15, 0.2) is 17.3 Å². The Morgan fingerprint density at radius 1 is 1.03 bits per heavy atom. The molecule has 0 N–H and O–H groups in total. The molecule has 35 heavy (non-hydrogen) atoms. The summed E-state index contributed by atoms with van der Waals surface area (Å²) in [5.41, 5.74) is 4.36. The number of ether oxygens (including phenoxy) is 3. The number of nitrogens with zero attached hydrogens (tertiary/aromatic N) is 3. The molecule has 0 aliphatic carbocycles. The second kappa shape index (κ2) is 9.30. The summed E-state index contributed by atoms with van der Waals surface area (Å²) in [6, 6.07) is 14.3. The van der Waals surface area contributed by atoms with E-state index in [1.165, 1.54) is 18.9 Å². The first-order chi connectivity index (χ1) is 16.9. The van der Waals surface area contributed by atoms with Crippen molar-refractivity contribution in [2.45, 2.75) is 19.1 Å². The number of methoxy groups -OCH3 is 1. The van der Waals surface area contributed by atoms with E-state index >= 15 is 0 Å². The zero-order valence-electron chi connectivity index (χ0n) is 19.2. The van der Waals surface area contributed by atoms with Gasteiger partial charge < -0.3 is 23.2 Å². The van der Waals surface area contributed by atoms with E-state index in [2.05, 4.69) is 10.2 Å². The van der Waals surface area contributed by atoms with Gasteiger partial charge in [-0.3, -0.25) is 4.79 Å². The van der Waals surface area contributed by atoms with Crippen molar-refractivity contribution in [2.75, 3.05) is 19.7 Å². The number of hydrogen-bond acceptors (Lipinski definition) is 9. The van der Waals surface area contributed by atoms with Crippen LogP contribution in [-0.4, -0.2) is 46.2 Å². The molecule has 2 aromatic heterocycles. The summed E-state index contributed by atoms with van der Waals surface area (Å²) in [4.78, 5) is 24.7. The summed E-state index contributed by atoms with van der Waals surface area (Å²) in [7, 11) is 1.35. The third kappa shape index (κ3) is 4.40. The highest BCUT2D eigenvalue weighted by atomic mass is 32.2. The number of aromatic nitrogens is 3. The van der Waals surface area contributed by atoms with Crippen LogP contribution in [0.25, 0.3) is 17.1 Å². The molecule has 1 aliphatic rings. The number of esters is 1. The number of benzene rings is 2. The zero-order chi connectivity index (χ0) is 24.5. The van der Waals surface area contributed by atoms with E-state index in [4.69, 9.17) is 18.6 Å². The van der Waals surface area contributed by atoms with Gasteiger partial charge >= 0.3 is 5.97 Å². The Hall–Kier alpha value is -4.05. The Labute approximate surface area is 205 Å². The van der Waals surface area contributed by atoms with Crippen LogP contribution >= 0.6 is 11.8 Å². The molecule has 0 radical (unpaired) electrons. The van der Waals surface area contributed by atoms with Crippen molar-refractivity contribution >= 4 is 23.5 Å². The van der Waals surface area contributed by atoms with Crippen molar-refractivity contribution in [3.05, 3.63) is 71.0 Å². The lowest BCUT2D eigenvalue weighted by atomic mass is 10.2. The van der Waals surface area contributed by atoms with Crippen molar-refractivity contribution in [1.82, 2.24) is 14.8 Å². The van der Waals surface area contributed by atoms with Crippen LogP contribution in [0.4, 0.5) is 0 Å². The molecule has 0 spiro atoms. The third-order valence-corrected chi connectivity index (χ3v) is 6.45. The number of rotatable bonds is 7. The van der Waals surface area contributed by atoms with Crippen molar-refractivity contribution in [2.24, 2.45) is 0 Å². The minimum atomic E-state index is -0.395. The van der Waals surface area contributed by atoms with Crippen LogP contribution in [0.1, 0.15) is 32.1 Å². The first-order valence-electron chi connectivity index (χ1n) is 10.7. The van der Waals surface area contributed by atoms with E-state index in [0.29, 0.717) is 39.3 Å². The van der Waals surface area contributed by atoms with Crippen LogP contribution in [0.3, 0.4) is 0 Å². The molecule has 0 amide bonds. The first-order valence-corrected chi connectivity index (χ1v) is 11.7. The monoisotopic (exact) mass is 491 g/mol. The van der Waals surface area contributed by atoms with Gasteiger partial charge in [-0.2, -0.15) is 0 Å². The molecule has 1 aliphatic heterocycles. The average Bonchev–Trinajstić information content (AvgIpc) is 3.60. The van der Waals surface area contributed by atoms with Crippen LogP contribution in [0.5, 0.6) is 11.5 Å². The molecule has 0 atom stereocenters. The predicted octanol–water partition coefficient (Wildman–Crippen LogP) is 4.63. The Bertz CT molecular complexity index is 1420. The van der Waals surface area contributed by atoms with Gasteiger partial charge in [0.05, 0.1) is 18.4 Å². The Morgan fingerprint density at radius 3 is 2.57 bits per heavy atom. The topological polar surface area (TPSA) is 106 Å². The number of aryl methyl sites for hydroxylation is 1. The van der Waals surface area contributed by atoms with Crippen molar-refractivity contribution < 1.29 is 28.2 Å². The van der Waals surface area contributed by atoms with Crippen LogP contribution in [0, 0.1) is 13.8 Å². The fraction of sp³-hybridized carbons (Fsp3) is 0.200. The molecular formula is C25H21N3O6S. The van der Waals surface area contributed by atoms with E-state index in [9.17, 15) is 9.59 Å². The van der Waals surface area contributed by atoms with E-state index in [-0.39, 0.29) is 18.3 Å². The SMILES string of the molecule is COC(=O)c1ccc(-n2c(C)cc(C(=O)CSc3nnc(-c4ccc5c(c4)OCO5)o3)c2C)cc1. The number of fused-ring (bicyclic) bond motifs is 1. The highest BCUT2D eigenvalue weighted by Gasteiger charge is 2.20. The molecule has 2 aromatic carbocycles. The van der Waals surface area contributed by atoms with Crippen molar-refractivity contribution in [3.63, 3.8) is 0 Å². The molecule has 0 bridgehead atoms. The quantitative estimate of drug-likeness (QED) is 0.208. The van der Waals surface area contributed by atoms with E-state index in [1.807, 2.05) is 42.7 Å². The molecule has 0 fully saturated rings. The maximum Gasteiger partial charge on any atom is 0.337 e. The van der Waals surface area contributed by atoms with Crippen LogP contribution in [0.15, 0.2) is 58.2 Å². The van der Waals surface area contributed by atoms with Crippen LogP contribution < -0.4 is 9.47 Å². The number of ketones is 1. The zero-order valence-corrected chi connectivity index (χ0v) is 20.0. The minimum Gasteiger partial charge on any atom is -0.465 e. The highest BCUT2D eigenvalue weighted by Crippen LogP contribution is 2.36. The lowest BCUT2D eigenvalue weighted by Crippen LogP contribution is -2.06. The van der Waals surface area contributed by atoms with Crippen LogP contribution in [-0.2, 0) is 4.74 Å². The predicted molar refractivity (Wildman–Crippen MR) is 127 cm³/mol. The lowest BCUT2D eigenvalue weighted by Gasteiger charge is -2.10. The molecule has 0 unspecified atom stereocenters. The second-order valence-electron chi connectivity index (χ2n) is 7.81. The largest absolute Gasteiger partial charge is 0.465 e. The second-order valence-corrected chi connectivity index (χ2v) is 8.74. The van der Waals surface area contributed by atoms with Gasteiger partial charge in [-0.15, -0.1) is 10.2 Å². The Kier molecular flexibility index (Phi) is 6.04. The molecule has 5 rings (SSSR count). The molecule has 178 valence electrons. The van der Waals surface area contributed by atoms with E-state index in [0.717, 1.165) is 17.1 Å². The standard InChI is InChI=1S/C25H21N3O6S/c1-14-10-19(15(2)28(14)18-7-4-16(5-8-18)24(30)31-3)20(29)12-35-25-27-26-23(34-25)17-6-9-21-22(11-17)33-13-32-21/h4-11H,12-13H2,1-3H3. The Balaban J connectivity index is 1.28. The average molecular weight is 492 g/mol. The molecular weight excluding hydrogens is 470 g/mol. The van der Waals surface area contributed by atoms with Gasteiger partial charge in [0.25, 0.3) is 5.22 Å². The first kappa shape index (κ1) is 22.7. The molecule has 4 aromatic rings. The van der Waals surface area contributed by atoms with E-state index in [1.54, 1.807) is 24.3 Å². The maximum absolute atomic E-state index is 13.0. The van der Waals surface area contributed by atoms with E-state index < -0.39 is 5.97 Å². The molecule has 10 heteroatoms. The summed E-state index contributed by atoms with van der Waals surface area (Å²) in [5.74, 6) is 1.34. The molecule has 0 saturated heterocycles. The number of carbonyl (C=O) groups excluding carboxylic acids is 2. The van der Waals surface area contributed by atoms with Gasteiger partial charge in [0.2, 0.25) is 12.7 Å². The number of carbonyl (C=O) groups is 2. The Morgan fingerprint density at radius 2 is 1.80 bits per heavy atom. The van der Waals surface area contributed by atoms with Gasteiger partial charge in [-0.25, -0.2) is 4.79 Å². The molecule has 9 nitrogen and oxygen atoms in total. The number of Topliss-reactive ketones (excluding diaryl/α,β-unsaturated/α-hetero) is 1. The minimum absolute atomic E-state index is 0.0524. The fourth-order valence-electron chi connectivity index (χ4n) is 3.93. The number of hydrogen-bond donors (Lipinski definition) is 0. The van der Waals surface area contributed by atoms with Gasteiger partial charge in [-0.1, -0.05) is 11.8 Å². The van der Waals surface area contributed by atoms with Crippen molar-refractivity contribution in [1.29, 1.82) is 0 Å². The van der Waals surface area contributed by atoms with Gasteiger partial charge in [-0.05, 0) is 62.4 Å². The van der Waals surface area contributed by atoms with Gasteiger partial charge in [0, 0.05) is 28.2 Å². The lowest BCUT2D eigenvalue weighted by molar-refractivity contribution is 0.0600.